The number of carbonyl (C=O) groups is 2. The second-order valence-corrected chi connectivity index (χ2v) is 5.50. The average Bonchev–Trinajstić information content (AvgIpc) is 2.49. The van der Waals surface area contributed by atoms with Crippen LogP contribution < -0.4 is 10.2 Å². The number of rotatable bonds is 1. The number of fused-ring (bicyclic) bond motifs is 1. The predicted octanol–water partition coefficient (Wildman–Crippen LogP) is 0.683. The predicted molar refractivity (Wildman–Crippen MR) is 75.6 cm³/mol. The summed E-state index contributed by atoms with van der Waals surface area (Å²) in [6.45, 7) is 1.76. The summed E-state index contributed by atoms with van der Waals surface area (Å²) < 4.78 is 0. The summed E-state index contributed by atoms with van der Waals surface area (Å²) in [5.41, 5.74) is 2.54. The quantitative estimate of drug-likeness (QED) is 0.767. The van der Waals surface area contributed by atoms with E-state index in [1.54, 1.807) is 11.8 Å². The molecule has 0 bridgehead atoms. The maximum atomic E-state index is 11.8. The highest BCUT2D eigenvalue weighted by molar-refractivity contribution is 6.04. The smallest absolute Gasteiger partial charge is 0.249 e. The molecule has 1 aromatic heterocycles. The second kappa shape index (κ2) is 5.17. The summed E-state index contributed by atoms with van der Waals surface area (Å²) in [6.07, 6.45) is 4.02. The number of nitrogens with zero attached hydrogens (tertiary/aromatic N) is 3. The summed E-state index contributed by atoms with van der Waals surface area (Å²) in [4.78, 5) is 29.6. The number of carbonyl (C=O) groups excluding carboxylic acids is 2. The molecular weight excluding hydrogens is 268 g/mol. The Kier molecular flexibility index (Phi) is 3.34. The van der Waals surface area contributed by atoms with Crippen LogP contribution in [0.2, 0.25) is 0 Å². The maximum absolute atomic E-state index is 11.8. The third-order valence-electron chi connectivity index (χ3n) is 4.10. The highest BCUT2D eigenvalue weighted by atomic mass is 16.2. The lowest BCUT2D eigenvalue weighted by Gasteiger charge is -2.33. The molecule has 1 fully saturated rings. The van der Waals surface area contributed by atoms with Crippen LogP contribution in [0, 0.1) is 11.3 Å². The molecule has 108 valence electrons. The summed E-state index contributed by atoms with van der Waals surface area (Å²) >= 11 is 0. The number of amides is 2. The molecule has 21 heavy (non-hydrogen) atoms. The van der Waals surface area contributed by atoms with Gasteiger partial charge in [0.05, 0.1) is 12.1 Å². The van der Waals surface area contributed by atoms with Gasteiger partial charge in [-0.2, -0.15) is 5.26 Å². The third kappa shape index (κ3) is 2.35. The Bertz CT molecular complexity index is 662. The van der Waals surface area contributed by atoms with Crippen molar-refractivity contribution in [3.05, 3.63) is 22.9 Å². The fourth-order valence-electron chi connectivity index (χ4n) is 2.90. The van der Waals surface area contributed by atoms with Crippen molar-refractivity contribution in [1.29, 1.82) is 5.26 Å². The van der Waals surface area contributed by atoms with Crippen molar-refractivity contribution in [3.63, 3.8) is 0 Å². The first-order valence-electron chi connectivity index (χ1n) is 7.13. The number of piperazine rings is 1. The molecule has 6 nitrogen and oxygen atoms in total. The van der Waals surface area contributed by atoms with Crippen LogP contribution in [0.1, 0.15) is 36.6 Å². The van der Waals surface area contributed by atoms with Gasteiger partial charge in [0.1, 0.15) is 17.9 Å². The summed E-state index contributed by atoms with van der Waals surface area (Å²) in [6, 6.07) is 3.50. The van der Waals surface area contributed by atoms with E-state index in [-0.39, 0.29) is 18.4 Å². The van der Waals surface area contributed by atoms with Crippen molar-refractivity contribution in [2.24, 2.45) is 0 Å². The Hall–Kier alpha value is -2.42. The number of nitrogens with one attached hydrogen (secondary N) is 1. The molecule has 0 aromatic carbocycles. The molecule has 0 saturated carbocycles. The van der Waals surface area contributed by atoms with Crippen LogP contribution >= 0.6 is 0 Å². The Morgan fingerprint density at radius 1 is 1.38 bits per heavy atom. The van der Waals surface area contributed by atoms with Crippen molar-refractivity contribution < 1.29 is 9.59 Å². The molecule has 1 aromatic rings. The van der Waals surface area contributed by atoms with Gasteiger partial charge < -0.3 is 4.90 Å². The summed E-state index contributed by atoms with van der Waals surface area (Å²) in [7, 11) is 0. The molecular formula is C15H16N4O2. The van der Waals surface area contributed by atoms with Crippen molar-refractivity contribution in [2.45, 2.75) is 38.6 Å². The largest absolute Gasteiger partial charge is 0.334 e. The summed E-state index contributed by atoms with van der Waals surface area (Å²) in [5, 5.41) is 11.7. The molecule has 1 unspecified atom stereocenters. The van der Waals surface area contributed by atoms with Crippen molar-refractivity contribution >= 4 is 17.6 Å². The highest BCUT2D eigenvalue weighted by Crippen LogP contribution is 2.28. The number of hydrogen-bond donors (Lipinski definition) is 1. The standard InChI is InChI=1S/C15H16N4O2/c1-9-15(21)18-13(20)8-19(9)14-11(7-16)6-10-4-2-3-5-12(10)17-14/h6,9H,2-5,8H2,1H3,(H,18,20,21). The van der Waals surface area contributed by atoms with Crippen molar-refractivity contribution in [1.82, 2.24) is 10.3 Å². The van der Waals surface area contributed by atoms with E-state index in [1.807, 2.05) is 6.07 Å². The van der Waals surface area contributed by atoms with Crippen LogP contribution in [0.5, 0.6) is 0 Å². The number of pyridine rings is 1. The van der Waals surface area contributed by atoms with Crippen LogP contribution in [0.25, 0.3) is 0 Å². The highest BCUT2D eigenvalue weighted by Gasteiger charge is 2.33. The zero-order valence-electron chi connectivity index (χ0n) is 11.8. The number of hydrogen-bond acceptors (Lipinski definition) is 5. The number of anilines is 1. The average molecular weight is 284 g/mol. The van der Waals surface area contributed by atoms with E-state index < -0.39 is 6.04 Å². The van der Waals surface area contributed by atoms with Crippen LogP contribution in [0.4, 0.5) is 5.82 Å². The van der Waals surface area contributed by atoms with Gasteiger partial charge >= 0.3 is 0 Å². The van der Waals surface area contributed by atoms with Gasteiger partial charge in [-0.25, -0.2) is 4.98 Å². The zero-order valence-corrected chi connectivity index (χ0v) is 11.8. The Balaban J connectivity index is 2.06. The van der Waals surface area contributed by atoms with E-state index >= 15 is 0 Å². The topological polar surface area (TPSA) is 86.1 Å². The van der Waals surface area contributed by atoms with Gasteiger partial charge in [-0.05, 0) is 44.2 Å². The second-order valence-electron chi connectivity index (χ2n) is 5.50. The van der Waals surface area contributed by atoms with Crippen LogP contribution in [-0.2, 0) is 22.4 Å². The third-order valence-corrected chi connectivity index (χ3v) is 4.10. The van der Waals surface area contributed by atoms with Gasteiger partial charge in [0.15, 0.2) is 0 Å². The van der Waals surface area contributed by atoms with Crippen molar-refractivity contribution in [3.8, 4) is 6.07 Å². The minimum absolute atomic E-state index is 0.0490. The fraction of sp³-hybridized carbons (Fsp3) is 0.467. The molecule has 2 aliphatic rings. The van der Waals surface area contributed by atoms with Crippen LogP contribution in [0.3, 0.4) is 0 Å². The number of aromatic nitrogens is 1. The number of imide groups is 1. The number of aryl methyl sites for hydroxylation is 2. The van der Waals surface area contributed by atoms with Gasteiger partial charge in [-0.1, -0.05) is 0 Å². The van der Waals surface area contributed by atoms with E-state index in [4.69, 9.17) is 0 Å². The first kappa shape index (κ1) is 13.6. The van der Waals surface area contributed by atoms with E-state index in [0.717, 1.165) is 36.9 Å². The normalized spacial score (nSPS) is 21.5. The fourth-order valence-corrected chi connectivity index (χ4v) is 2.90. The minimum Gasteiger partial charge on any atom is -0.334 e. The molecule has 1 aliphatic heterocycles. The van der Waals surface area contributed by atoms with Gasteiger partial charge in [0.25, 0.3) is 0 Å². The molecule has 1 saturated heterocycles. The number of nitriles is 1. The Morgan fingerprint density at radius 3 is 2.90 bits per heavy atom. The molecule has 1 N–H and O–H groups in total. The van der Waals surface area contributed by atoms with Crippen LogP contribution in [0.15, 0.2) is 6.07 Å². The van der Waals surface area contributed by atoms with Gasteiger partial charge in [0, 0.05) is 5.69 Å². The van der Waals surface area contributed by atoms with Crippen molar-refractivity contribution in [2.75, 3.05) is 11.4 Å². The van der Waals surface area contributed by atoms with E-state index in [9.17, 15) is 14.9 Å². The molecule has 2 heterocycles. The minimum atomic E-state index is -0.510. The zero-order chi connectivity index (χ0) is 15.0. The monoisotopic (exact) mass is 284 g/mol. The van der Waals surface area contributed by atoms with Gasteiger partial charge in [-0.15, -0.1) is 0 Å². The van der Waals surface area contributed by atoms with E-state index in [1.165, 1.54) is 0 Å². The molecule has 3 rings (SSSR count). The molecule has 0 radical (unpaired) electrons. The van der Waals surface area contributed by atoms with Gasteiger partial charge in [-0.3, -0.25) is 14.9 Å². The molecule has 6 heteroatoms. The molecule has 1 aliphatic carbocycles. The van der Waals surface area contributed by atoms with E-state index in [0.29, 0.717) is 11.4 Å². The summed E-state index contributed by atoms with van der Waals surface area (Å²) in [5.74, 6) is -0.259. The maximum Gasteiger partial charge on any atom is 0.249 e. The lowest BCUT2D eigenvalue weighted by molar-refractivity contribution is -0.132. The Labute approximate surface area is 122 Å². The molecule has 0 spiro atoms. The molecule has 2 amide bonds. The lowest BCUT2D eigenvalue weighted by atomic mass is 9.94. The Morgan fingerprint density at radius 2 is 2.14 bits per heavy atom. The van der Waals surface area contributed by atoms with Gasteiger partial charge in [0.2, 0.25) is 11.8 Å². The van der Waals surface area contributed by atoms with Crippen LogP contribution in [-0.4, -0.2) is 29.4 Å². The first-order chi connectivity index (χ1) is 10.1. The molecule has 1 atom stereocenters. The first-order valence-corrected chi connectivity index (χ1v) is 7.13. The lowest BCUT2D eigenvalue weighted by Crippen LogP contribution is -2.57. The van der Waals surface area contributed by atoms with E-state index in [2.05, 4.69) is 16.4 Å². The SMILES string of the molecule is CC1C(=O)NC(=O)CN1c1nc2c(cc1C#N)CCCC2.